The number of rotatable bonds is 4. The Labute approximate surface area is 187 Å². The van der Waals surface area contributed by atoms with Gasteiger partial charge < -0.3 is 19.1 Å². The minimum atomic E-state index is -0.0178. The Hall–Kier alpha value is -3.54. The molecule has 2 aliphatic heterocycles. The van der Waals surface area contributed by atoms with Crippen molar-refractivity contribution in [1.29, 1.82) is 0 Å². The van der Waals surface area contributed by atoms with Crippen molar-refractivity contribution in [2.75, 3.05) is 38.2 Å². The molecule has 0 N–H and O–H groups in total. The summed E-state index contributed by atoms with van der Waals surface area (Å²) in [6, 6.07) is 19.5. The molecule has 3 heterocycles. The Kier molecular flexibility index (Phi) is 5.43. The average Bonchev–Trinajstić information content (AvgIpc) is 3.35. The zero-order valence-electron chi connectivity index (χ0n) is 18.3. The van der Waals surface area contributed by atoms with Crippen molar-refractivity contribution in [1.82, 2.24) is 9.47 Å². The smallest absolute Gasteiger partial charge is 0.256 e. The molecule has 32 heavy (non-hydrogen) atoms. The highest BCUT2D eigenvalue weighted by Crippen LogP contribution is 2.30. The second-order valence-electron chi connectivity index (χ2n) is 8.32. The van der Waals surface area contributed by atoms with Gasteiger partial charge >= 0.3 is 0 Å². The molecular formula is C26H27N3O3. The maximum Gasteiger partial charge on any atom is 0.256 e. The van der Waals surface area contributed by atoms with Gasteiger partial charge in [0.25, 0.3) is 11.5 Å². The Morgan fingerprint density at radius 1 is 0.906 bits per heavy atom. The standard InChI is InChI=1S/C26H27N3O3/c1-32-21-10-5-9-20(17-21)27-13-15-28(16-14-27)26(31)25-22(19-7-3-2-4-8-19)18-24(30)29-12-6-11-23(25)29/h2-5,7-10,17-18H,6,11-16H2,1H3. The minimum absolute atomic E-state index is 0.0178. The molecule has 1 saturated heterocycles. The number of benzene rings is 2. The van der Waals surface area contributed by atoms with Crippen LogP contribution in [0, 0.1) is 0 Å². The summed E-state index contributed by atoms with van der Waals surface area (Å²) in [7, 11) is 1.67. The van der Waals surface area contributed by atoms with E-state index in [1.165, 1.54) is 0 Å². The van der Waals surface area contributed by atoms with Crippen LogP contribution in [-0.4, -0.2) is 48.7 Å². The number of amides is 1. The van der Waals surface area contributed by atoms with Gasteiger partial charge in [-0.05, 0) is 30.5 Å². The molecule has 5 rings (SSSR count). The van der Waals surface area contributed by atoms with Crippen LogP contribution < -0.4 is 15.2 Å². The third-order valence-electron chi connectivity index (χ3n) is 6.50. The molecule has 164 valence electrons. The van der Waals surface area contributed by atoms with Crippen LogP contribution in [-0.2, 0) is 13.0 Å². The van der Waals surface area contributed by atoms with Gasteiger partial charge in [-0.2, -0.15) is 0 Å². The summed E-state index contributed by atoms with van der Waals surface area (Å²) in [5.41, 5.74) is 4.34. The van der Waals surface area contributed by atoms with Crippen molar-refractivity contribution in [2.45, 2.75) is 19.4 Å². The van der Waals surface area contributed by atoms with Crippen LogP contribution in [0.25, 0.3) is 11.1 Å². The number of hydrogen-bond donors (Lipinski definition) is 0. The fraction of sp³-hybridized carbons (Fsp3) is 0.308. The van der Waals surface area contributed by atoms with Crippen LogP contribution in [0.15, 0.2) is 65.5 Å². The fourth-order valence-electron chi connectivity index (χ4n) is 4.82. The summed E-state index contributed by atoms with van der Waals surface area (Å²) in [5.74, 6) is 0.860. The second-order valence-corrected chi connectivity index (χ2v) is 8.32. The van der Waals surface area contributed by atoms with Crippen LogP contribution in [0.4, 0.5) is 5.69 Å². The van der Waals surface area contributed by atoms with E-state index >= 15 is 0 Å². The minimum Gasteiger partial charge on any atom is -0.497 e. The third kappa shape index (κ3) is 3.66. The number of methoxy groups -OCH3 is 1. The molecule has 3 aromatic rings. The second kappa shape index (κ2) is 8.54. The molecule has 0 aliphatic carbocycles. The average molecular weight is 430 g/mol. The van der Waals surface area contributed by atoms with E-state index < -0.39 is 0 Å². The molecular weight excluding hydrogens is 402 g/mol. The summed E-state index contributed by atoms with van der Waals surface area (Å²) in [4.78, 5) is 30.7. The van der Waals surface area contributed by atoms with E-state index in [-0.39, 0.29) is 11.5 Å². The lowest BCUT2D eigenvalue weighted by Gasteiger charge is -2.36. The number of ether oxygens (including phenoxy) is 1. The number of hydrogen-bond acceptors (Lipinski definition) is 4. The monoisotopic (exact) mass is 429 g/mol. The Morgan fingerprint density at radius 3 is 2.44 bits per heavy atom. The predicted octanol–water partition coefficient (Wildman–Crippen LogP) is 3.43. The van der Waals surface area contributed by atoms with Crippen LogP contribution >= 0.6 is 0 Å². The Morgan fingerprint density at radius 2 is 1.69 bits per heavy atom. The first-order valence-electron chi connectivity index (χ1n) is 11.2. The van der Waals surface area contributed by atoms with Gasteiger partial charge in [-0.15, -0.1) is 0 Å². The summed E-state index contributed by atoms with van der Waals surface area (Å²) in [5, 5.41) is 0. The lowest BCUT2D eigenvalue weighted by Crippen LogP contribution is -2.49. The van der Waals surface area contributed by atoms with Gasteiger partial charge in [-0.1, -0.05) is 36.4 Å². The van der Waals surface area contributed by atoms with E-state index in [4.69, 9.17) is 4.74 Å². The molecule has 0 spiro atoms. The van der Waals surface area contributed by atoms with Crippen molar-refractivity contribution < 1.29 is 9.53 Å². The van der Waals surface area contributed by atoms with E-state index in [2.05, 4.69) is 11.0 Å². The Balaban J connectivity index is 1.44. The molecule has 1 fully saturated rings. The van der Waals surface area contributed by atoms with Crippen molar-refractivity contribution in [3.8, 4) is 16.9 Å². The van der Waals surface area contributed by atoms with E-state index in [0.29, 0.717) is 25.2 Å². The van der Waals surface area contributed by atoms with Crippen LogP contribution in [0.3, 0.4) is 0 Å². The van der Waals surface area contributed by atoms with Crippen LogP contribution in [0.5, 0.6) is 5.75 Å². The molecule has 6 heteroatoms. The number of fused-ring (bicyclic) bond motifs is 1. The van der Waals surface area contributed by atoms with Gasteiger partial charge in [0.2, 0.25) is 0 Å². The number of nitrogens with zero attached hydrogens (tertiary/aromatic N) is 3. The fourth-order valence-corrected chi connectivity index (χ4v) is 4.82. The van der Waals surface area contributed by atoms with Gasteiger partial charge in [0, 0.05) is 61.8 Å². The van der Waals surface area contributed by atoms with E-state index in [1.807, 2.05) is 53.4 Å². The first-order chi connectivity index (χ1) is 15.7. The number of piperazine rings is 1. The van der Waals surface area contributed by atoms with Crippen LogP contribution in [0.1, 0.15) is 22.5 Å². The predicted molar refractivity (Wildman–Crippen MR) is 126 cm³/mol. The van der Waals surface area contributed by atoms with E-state index in [0.717, 1.165) is 54.2 Å². The normalized spacial score (nSPS) is 15.5. The molecule has 2 aromatic carbocycles. The van der Waals surface area contributed by atoms with Gasteiger partial charge in [0.05, 0.1) is 12.7 Å². The van der Waals surface area contributed by atoms with Gasteiger partial charge in [0.15, 0.2) is 0 Å². The van der Waals surface area contributed by atoms with Crippen molar-refractivity contribution >= 4 is 11.6 Å². The van der Waals surface area contributed by atoms with Crippen LogP contribution in [0.2, 0.25) is 0 Å². The highest BCUT2D eigenvalue weighted by molar-refractivity contribution is 6.02. The van der Waals surface area contributed by atoms with Gasteiger partial charge in [0.1, 0.15) is 5.75 Å². The largest absolute Gasteiger partial charge is 0.497 e. The van der Waals surface area contributed by atoms with Gasteiger partial charge in [-0.25, -0.2) is 0 Å². The summed E-state index contributed by atoms with van der Waals surface area (Å²) < 4.78 is 7.14. The topological polar surface area (TPSA) is 54.8 Å². The molecule has 2 aliphatic rings. The number of aromatic nitrogens is 1. The molecule has 0 unspecified atom stereocenters. The number of pyridine rings is 1. The van der Waals surface area contributed by atoms with E-state index in [1.54, 1.807) is 17.7 Å². The molecule has 0 radical (unpaired) electrons. The van der Waals surface area contributed by atoms with Crippen molar-refractivity contribution in [3.05, 3.63) is 82.3 Å². The lowest BCUT2D eigenvalue weighted by molar-refractivity contribution is 0.0745. The zero-order chi connectivity index (χ0) is 22.1. The highest BCUT2D eigenvalue weighted by atomic mass is 16.5. The van der Waals surface area contributed by atoms with Crippen molar-refractivity contribution in [2.24, 2.45) is 0 Å². The summed E-state index contributed by atoms with van der Waals surface area (Å²) >= 11 is 0. The zero-order valence-corrected chi connectivity index (χ0v) is 18.3. The first kappa shape index (κ1) is 20.4. The Bertz CT molecular complexity index is 1190. The molecule has 0 saturated carbocycles. The summed E-state index contributed by atoms with van der Waals surface area (Å²) in [6.45, 7) is 3.49. The summed E-state index contributed by atoms with van der Waals surface area (Å²) in [6.07, 6.45) is 1.66. The number of carbonyl (C=O) groups excluding carboxylic acids is 1. The van der Waals surface area contributed by atoms with Crippen molar-refractivity contribution in [3.63, 3.8) is 0 Å². The molecule has 0 bridgehead atoms. The molecule has 6 nitrogen and oxygen atoms in total. The lowest BCUT2D eigenvalue weighted by atomic mass is 9.96. The number of carbonyl (C=O) groups is 1. The molecule has 0 atom stereocenters. The first-order valence-corrected chi connectivity index (χ1v) is 11.2. The highest BCUT2D eigenvalue weighted by Gasteiger charge is 2.30. The van der Waals surface area contributed by atoms with E-state index in [9.17, 15) is 9.59 Å². The number of anilines is 1. The molecule has 1 aromatic heterocycles. The quantitative estimate of drug-likeness (QED) is 0.638. The SMILES string of the molecule is COc1cccc(N2CCN(C(=O)c3c(-c4ccccc4)cc(=O)n4c3CCC4)CC2)c1. The van der Waals surface area contributed by atoms with Gasteiger partial charge in [-0.3, -0.25) is 9.59 Å². The maximum atomic E-state index is 13.8. The third-order valence-corrected chi connectivity index (χ3v) is 6.50. The maximum absolute atomic E-state index is 13.8. The molecule has 1 amide bonds.